The number of hydrogen-bond acceptors (Lipinski definition) is 1. The van der Waals surface area contributed by atoms with Crippen LogP contribution in [-0.2, 0) is 0 Å². The van der Waals surface area contributed by atoms with Crippen molar-refractivity contribution in [1.82, 2.24) is 5.32 Å². The molecule has 0 spiro atoms. The highest BCUT2D eigenvalue weighted by atomic mass is 14.9. The van der Waals surface area contributed by atoms with Gasteiger partial charge in [0, 0.05) is 0 Å². The first-order chi connectivity index (χ1) is 13.8. The minimum Gasteiger partial charge on any atom is -0.317 e. The SMILES string of the molecule is C=C(C)\C(C)=C/C(=C\C)C(/CC)=C(/c1ccc(C2CCNCC2)cc1C)C(C)C. The summed E-state index contributed by atoms with van der Waals surface area (Å²) in [6, 6.07) is 7.23. The van der Waals surface area contributed by atoms with Gasteiger partial charge in [-0.3, -0.25) is 0 Å². The average molecular weight is 392 g/mol. The van der Waals surface area contributed by atoms with E-state index in [-0.39, 0.29) is 0 Å². The highest BCUT2D eigenvalue weighted by Crippen LogP contribution is 2.36. The maximum absolute atomic E-state index is 4.12. The highest BCUT2D eigenvalue weighted by molar-refractivity contribution is 5.77. The molecular formula is C28H41N. The van der Waals surface area contributed by atoms with Gasteiger partial charge in [0.2, 0.25) is 0 Å². The van der Waals surface area contributed by atoms with E-state index in [2.05, 4.69) is 90.7 Å². The summed E-state index contributed by atoms with van der Waals surface area (Å²) in [6.45, 7) is 22.0. The summed E-state index contributed by atoms with van der Waals surface area (Å²) >= 11 is 0. The van der Waals surface area contributed by atoms with E-state index < -0.39 is 0 Å². The predicted octanol–water partition coefficient (Wildman–Crippen LogP) is 7.75. The van der Waals surface area contributed by atoms with Crippen LogP contribution in [0.5, 0.6) is 0 Å². The molecule has 0 amide bonds. The van der Waals surface area contributed by atoms with E-state index in [1.807, 2.05) is 0 Å². The van der Waals surface area contributed by atoms with Gasteiger partial charge >= 0.3 is 0 Å². The lowest BCUT2D eigenvalue weighted by atomic mass is 9.81. The molecule has 1 aromatic rings. The maximum atomic E-state index is 4.12. The van der Waals surface area contributed by atoms with Crippen molar-refractivity contribution in [3.63, 3.8) is 0 Å². The van der Waals surface area contributed by atoms with E-state index in [1.165, 1.54) is 51.8 Å². The zero-order chi connectivity index (χ0) is 21.6. The standard InChI is InChI=1S/C28H41N/c1-9-23(17-21(7)19(3)4)26(10-2)28(20(5)6)27-12-11-25(18-22(27)8)24-13-15-29-16-14-24/h9,11-12,17-18,20,24,29H,3,10,13-16H2,1-2,4-8H3/b21-17-,23-9+,28-26+. The summed E-state index contributed by atoms with van der Waals surface area (Å²) in [7, 11) is 0. The van der Waals surface area contributed by atoms with Crippen molar-refractivity contribution in [3.8, 4) is 0 Å². The zero-order valence-electron chi connectivity index (χ0n) is 19.8. The number of rotatable bonds is 7. The number of hydrogen-bond donors (Lipinski definition) is 1. The van der Waals surface area contributed by atoms with Crippen LogP contribution in [0.3, 0.4) is 0 Å². The van der Waals surface area contributed by atoms with Crippen LogP contribution in [0.25, 0.3) is 5.57 Å². The molecule has 0 atom stereocenters. The van der Waals surface area contributed by atoms with Gasteiger partial charge in [-0.25, -0.2) is 0 Å². The van der Waals surface area contributed by atoms with E-state index in [9.17, 15) is 0 Å². The Morgan fingerprint density at radius 1 is 1.21 bits per heavy atom. The third-order valence-corrected chi connectivity index (χ3v) is 6.31. The summed E-state index contributed by atoms with van der Waals surface area (Å²) in [6.07, 6.45) is 8.09. The Bertz CT molecular complexity index is 811. The molecule has 158 valence electrons. The average Bonchev–Trinajstić information content (AvgIpc) is 2.71. The molecule has 0 aliphatic carbocycles. The van der Waals surface area contributed by atoms with Crippen LogP contribution in [-0.4, -0.2) is 13.1 Å². The Labute approximate surface area is 179 Å². The first-order valence-corrected chi connectivity index (χ1v) is 11.4. The number of piperidine rings is 1. The quantitative estimate of drug-likeness (QED) is 0.468. The van der Waals surface area contributed by atoms with Crippen LogP contribution >= 0.6 is 0 Å². The summed E-state index contributed by atoms with van der Waals surface area (Å²) in [5.74, 6) is 1.18. The zero-order valence-corrected chi connectivity index (χ0v) is 19.8. The molecular weight excluding hydrogens is 350 g/mol. The molecule has 1 aliphatic rings. The number of allylic oxidation sites excluding steroid dienone is 7. The molecule has 2 rings (SSSR count). The maximum Gasteiger partial charge on any atom is -0.00431 e. The molecule has 1 saturated heterocycles. The minimum atomic E-state index is 0.474. The van der Waals surface area contributed by atoms with Gasteiger partial charge in [-0.15, -0.1) is 0 Å². The van der Waals surface area contributed by atoms with Crippen molar-refractivity contribution < 1.29 is 0 Å². The minimum absolute atomic E-state index is 0.474. The van der Waals surface area contributed by atoms with E-state index in [0.717, 1.165) is 25.1 Å². The van der Waals surface area contributed by atoms with Gasteiger partial charge in [0.1, 0.15) is 0 Å². The Balaban J connectivity index is 2.55. The van der Waals surface area contributed by atoms with Gasteiger partial charge in [-0.1, -0.05) is 63.3 Å². The van der Waals surface area contributed by atoms with Gasteiger partial charge in [0.05, 0.1) is 0 Å². The molecule has 1 nitrogen and oxygen atoms in total. The molecule has 0 bridgehead atoms. The molecule has 1 heterocycles. The topological polar surface area (TPSA) is 12.0 Å². The number of nitrogens with one attached hydrogen (secondary N) is 1. The van der Waals surface area contributed by atoms with Gasteiger partial charge in [0.15, 0.2) is 0 Å². The smallest absolute Gasteiger partial charge is 0.00431 e. The third kappa shape index (κ3) is 5.82. The summed E-state index contributed by atoms with van der Waals surface area (Å²) in [4.78, 5) is 0. The fourth-order valence-electron chi connectivity index (χ4n) is 4.47. The van der Waals surface area contributed by atoms with Crippen molar-refractivity contribution in [2.45, 2.75) is 73.6 Å². The fourth-order valence-corrected chi connectivity index (χ4v) is 4.47. The van der Waals surface area contributed by atoms with E-state index in [0.29, 0.717) is 11.8 Å². The van der Waals surface area contributed by atoms with Crippen LogP contribution in [0, 0.1) is 12.8 Å². The molecule has 1 aliphatic heterocycles. The molecule has 1 fully saturated rings. The second-order valence-corrected chi connectivity index (χ2v) is 8.85. The molecule has 0 unspecified atom stereocenters. The van der Waals surface area contributed by atoms with Crippen molar-refractivity contribution in [2.24, 2.45) is 5.92 Å². The van der Waals surface area contributed by atoms with Gasteiger partial charge in [0.25, 0.3) is 0 Å². The van der Waals surface area contributed by atoms with Crippen LogP contribution < -0.4 is 5.32 Å². The Hall–Kier alpha value is -1.86. The van der Waals surface area contributed by atoms with Gasteiger partial charge in [-0.2, -0.15) is 0 Å². The molecule has 1 N–H and O–H groups in total. The second kappa shape index (κ2) is 10.8. The van der Waals surface area contributed by atoms with Gasteiger partial charge < -0.3 is 5.32 Å². The lowest BCUT2D eigenvalue weighted by molar-refractivity contribution is 0.460. The van der Waals surface area contributed by atoms with Crippen LogP contribution in [0.1, 0.15) is 83.4 Å². The molecule has 29 heavy (non-hydrogen) atoms. The first kappa shape index (κ1) is 23.4. The van der Waals surface area contributed by atoms with Crippen molar-refractivity contribution in [3.05, 3.63) is 75.9 Å². The van der Waals surface area contributed by atoms with Crippen molar-refractivity contribution >= 4 is 5.57 Å². The Morgan fingerprint density at radius 3 is 2.34 bits per heavy atom. The molecule has 1 aromatic carbocycles. The normalized spacial score (nSPS) is 17.5. The van der Waals surface area contributed by atoms with Crippen LogP contribution in [0.4, 0.5) is 0 Å². The van der Waals surface area contributed by atoms with Crippen LogP contribution in [0.15, 0.2) is 59.2 Å². The fraction of sp³-hybridized carbons (Fsp3) is 0.500. The van der Waals surface area contributed by atoms with Gasteiger partial charge in [-0.05, 0) is 111 Å². The molecule has 0 aromatic heterocycles. The van der Waals surface area contributed by atoms with Crippen molar-refractivity contribution in [2.75, 3.05) is 13.1 Å². The summed E-state index contributed by atoms with van der Waals surface area (Å²) < 4.78 is 0. The first-order valence-electron chi connectivity index (χ1n) is 11.4. The van der Waals surface area contributed by atoms with E-state index >= 15 is 0 Å². The lowest BCUT2D eigenvalue weighted by Crippen LogP contribution is -2.26. The molecule has 1 heteroatoms. The Kier molecular flexibility index (Phi) is 8.71. The Morgan fingerprint density at radius 2 is 1.86 bits per heavy atom. The molecule has 0 saturated carbocycles. The monoisotopic (exact) mass is 391 g/mol. The lowest BCUT2D eigenvalue weighted by Gasteiger charge is -2.25. The third-order valence-electron chi connectivity index (χ3n) is 6.31. The second-order valence-electron chi connectivity index (χ2n) is 8.85. The number of aryl methyl sites for hydroxylation is 1. The summed E-state index contributed by atoms with van der Waals surface area (Å²) in [5.41, 5.74) is 11.0. The number of benzene rings is 1. The van der Waals surface area contributed by atoms with E-state index in [1.54, 1.807) is 0 Å². The highest BCUT2D eigenvalue weighted by Gasteiger charge is 2.19. The van der Waals surface area contributed by atoms with Crippen molar-refractivity contribution in [1.29, 1.82) is 0 Å². The largest absolute Gasteiger partial charge is 0.317 e. The predicted molar refractivity (Wildman–Crippen MR) is 130 cm³/mol. The van der Waals surface area contributed by atoms with E-state index in [4.69, 9.17) is 0 Å². The molecule has 0 radical (unpaired) electrons. The summed E-state index contributed by atoms with van der Waals surface area (Å²) in [5, 5.41) is 3.48. The van der Waals surface area contributed by atoms with Crippen LogP contribution in [0.2, 0.25) is 0 Å².